The standard InChI is InChI=1S/C31H40N2O8/c1-20-27(18-33-13-11-31(12-14-33)37-15-16-38-31)40-30(41-28(20)24-9-7-23(19-34)8-10-24)25-5-4-6-26(17-25)32-29(36)21(2)39-22(3)35/h4-10,17,20-21,27-28,30,34H,11-16,18-19H2,1-3H3,(H,32,36)/t20-,21+,27+,28+,30+/m1/s1. The molecule has 1 spiro atoms. The number of ether oxygens (including phenoxy) is 5. The largest absolute Gasteiger partial charge is 0.453 e. The van der Waals surface area contributed by atoms with Gasteiger partial charge in [0.25, 0.3) is 5.91 Å². The smallest absolute Gasteiger partial charge is 0.303 e. The van der Waals surface area contributed by atoms with Gasteiger partial charge >= 0.3 is 5.97 Å². The van der Waals surface area contributed by atoms with Crippen LogP contribution < -0.4 is 5.32 Å². The number of hydrogen-bond acceptors (Lipinski definition) is 9. The number of benzene rings is 2. The van der Waals surface area contributed by atoms with Gasteiger partial charge in [0.05, 0.1) is 32.0 Å². The van der Waals surface area contributed by atoms with E-state index in [2.05, 4.69) is 17.1 Å². The summed E-state index contributed by atoms with van der Waals surface area (Å²) < 4.78 is 30.0. The average Bonchev–Trinajstić information content (AvgIpc) is 3.43. The predicted octanol–water partition coefficient (Wildman–Crippen LogP) is 3.70. The van der Waals surface area contributed by atoms with Crippen molar-refractivity contribution in [2.24, 2.45) is 5.92 Å². The molecule has 41 heavy (non-hydrogen) atoms. The summed E-state index contributed by atoms with van der Waals surface area (Å²) in [5, 5.41) is 12.3. The number of hydrogen-bond donors (Lipinski definition) is 2. The van der Waals surface area contributed by atoms with E-state index in [-0.39, 0.29) is 24.7 Å². The lowest BCUT2D eigenvalue weighted by atomic mass is 9.89. The Labute approximate surface area is 240 Å². The van der Waals surface area contributed by atoms with Crippen LogP contribution in [0, 0.1) is 5.92 Å². The molecule has 3 aliphatic rings. The SMILES string of the molecule is CC(=O)O[C@@H](C)C(=O)Nc1cccc([C@H]2O[C@@H](CN3CCC4(CC3)OCCO4)[C@@H](C)[C@@H](c3ccc(CO)cc3)O2)c1. The molecule has 5 rings (SSSR count). The third kappa shape index (κ3) is 7.14. The van der Waals surface area contributed by atoms with Gasteiger partial charge in [0, 0.05) is 56.6 Å². The topological polar surface area (TPSA) is 116 Å². The Morgan fingerprint density at radius 1 is 1.07 bits per heavy atom. The van der Waals surface area contributed by atoms with Crippen LogP contribution in [0.15, 0.2) is 48.5 Å². The molecule has 1 amide bonds. The number of aliphatic hydroxyl groups is 1. The predicted molar refractivity (Wildman–Crippen MR) is 150 cm³/mol. The van der Waals surface area contributed by atoms with Crippen LogP contribution in [-0.4, -0.2) is 72.7 Å². The third-order valence-corrected chi connectivity index (χ3v) is 8.13. The summed E-state index contributed by atoms with van der Waals surface area (Å²) in [4.78, 5) is 26.2. The number of likely N-dealkylation sites (tertiary alicyclic amines) is 1. The van der Waals surface area contributed by atoms with Gasteiger partial charge in [-0.25, -0.2) is 0 Å². The van der Waals surface area contributed by atoms with E-state index in [1.165, 1.54) is 13.8 Å². The first-order chi connectivity index (χ1) is 19.7. The molecule has 10 heteroatoms. The second kappa shape index (κ2) is 13.0. The van der Waals surface area contributed by atoms with E-state index in [9.17, 15) is 14.7 Å². The van der Waals surface area contributed by atoms with Gasteiger partial charge in [-0.15, -0.1) is 0 Å². The molecule has 2 N–H and O–H groups in total. The summed E-state index contributed by atoms with van der Waals surface area (Å²) in [6, 6.07) is 15.2. The van der Waals surface area contributed by atoms with Crippen LogP contribution in [0.3, 0.4) is 0 Å². The Bertz CT molecular complexity index is 1190. The minimum Gasteiger partial charge on any atom is -0.453 e. The van der Waals surface area contributed by atoms with Crippen LogP contribution in [0.2, 0.25) is 0 Å². The molecule has 5 atom stereocenters. The van der Waals surface area contributed by atoms with E-state index in [4.69, 9.17) is 23.7 Å². The molecule has 10 nitrogen and oxygen atoms in total. The number of anilines is 1. The minimum absolute atomic E-state index is 0.0197. The molecule has 0 aliphatic carbocycles. The zero-order chi connectivity index (χ0) is 29.0. The number of carbonyl (C=O) groups is 2. The van der Waals surface area contributed by atoms with Crippen molar-refractivity contribution >= 4 is 17.6 Å². The molecule has 3 saturated heterocycles. The van der Waals surface area contributed by atoms with Crippen LogP contribution in [0.4, 0.5) is 5.69 Å². The fraction of sp³-hybridized carbons (Fsp3) is 0.548. The summed E-state index contributed by atoms with van der Waals surface area (Å²) in [6.07, 6.45) is -0.303. The second-order valence-electron chi connectivity index (χ2n) is 11.1. The van der Waals surface area contributed by atoms with E-state index in [0.717, 1.165) is 49.2 Å². The van der Waals surface area contributed by atoms with Crippen molar-refractivity contribution in [3.63, 3.8) is 0 Å². The van der Waals surface area contributed by atoms with Crippen molar-refractivity contribution < 1.29 is 38.4 Å². The van der Waals surface area contributed by atoms with Gasteiger partial charge in [-0.1, -0.05) is 43.3 Å². The number of nitrogens with zero attached hydrogens (tertiary/aromatic N) is 1. The third-order valence-electron chi connectivity index (χ3n) is 8.13. The van der Waals surface area contributed by atoms with Crippen LogP contribution in [0.25, 0.3) is 0 Å². The highest BCUT2D eigenvalue weighted by molar-refractivity contribution is 5.95. The highest BCUT2D eigenvalue weighted by atomic mass is 16.7. The summed E-state index contributed by atoms with van der Waals surface area (Å²) in [5.74, 6) is -1.32. The number of aliphatic hydroxyl groups excluding tert-OH is 1. The first-order valence-corrected chi connectivity index (χ1v) is 14.3. The van der Waals surface area contributed by atoms with Gasteiger partial charge in [-0.2, -0.15) is 0 Å². The Kier molecular flexibility index (Phi) is 9.38. The van der Waals surface area contributed by atoms with Crippen LogP contribution in [-0.2, 0) is 39.9 Å². The van der Waals surface area contributed by atoms with E-state index >= 15 is 0 Å². The van der Waals surface area contributed by atoms with Crippen molar-refractivity contribution in [3.05, 3.63) is 65.2 Å². The van der Waals surface area contributed by atoms with Gasteiger partial charge in [0.1, 0.15) is 0 Å². The Morgan fingerprint density at radius 2 is 1.78 bits per heavy atom. The molecule has 3 aliphatic heterocycles. The molecular weight excluding hydrogens is 528 g/mol. The summed E-state index contributed by atoms with van der Waals surface area (Å²) >= 11 is 0. The van der Waals surface area contributed by atoms with E-state index in [0.29, 0.717) is 18.9 Å². The molecule has 2 aromatic rings. The molecule has 222 valence electrons. The van der Waals surface area contributed by atoms with E-state index in [1.807, 2.05) is 42.5 Å². The summed E-state index contributed by atoms with van der Waals surface area (Å²) in [5.41, 5.74) is 3.17. The summed E-state index contributed by atoms with van der Waals surface area (Å²) in [6.45, 7) is 8.68. The lowest BCUT2D eigenvalue weighted by Gasteiger charge is -2.44. The molecule has 0 bridgehead atoms. The molecule has 3 fully saturated rings. The van der Waals surface area contributed by atoms with Gasteiger partial charge in [0.2, 0.25) is 0 Å². The Balaban J connectivity index is 1.33. The van der Waals surface area contributed by atoms with E-state index < -0.39 is 30.1 Å². The Morgan fingerprint density at radius 3 is 2.44 bits per heavy atom. The van der Waals surface area contributed by atoms with Crippen molar-refractivity contribution in [3.8, 4) is 0 Å². The second-order valence-corrected chi connectivity index (χ2v) is 11.1. The molecule has 0 radical (unpaired) electrons. The van der Waals surface area contributed by atoms with Gasteiger partial charge in [-0.3, -0.25) is 9.59 Å². The van der Waals surface area contributed by atoms with Crippen LogP contribution in [0.1, 0.15) is 62.7 Å². The van der Waals surface area contributed by atoms with Crippen molar-refractivity contribution in [1.82, 2.24) is 4.90 Å². The number of piperidine rings is 1. The van der Waals surface area contributed by atoms with Crippen LogP contribution in [0.5, 0.6) is 0 Å². The monoisotopic (exact) mass is 568 g/mol. The molecule has 3 heterocycles. The lowest BCUT2D eigenvalue weighted by molar-refractivity contribution is -0.278. The first kappa shape index (κ1) is 29.6. The van der Waals surface area contributed by atoms with Gasteiger partial charge < -0.3 is 39.0 Å². The highest BCUT2D eigenvalue weighted by Gasteiger charge is 2.43. The molecule has 0 saturated carbocycles. The van der Waals surface area contributed by atoms with E-state index in [1.54, 1.807) is 6.07 Å². The molecular formula is C31H40N2O8. The zero-order valence-electron chi connectivity index (χ0n) is 23.9. The molecule has 2 aromatic carbocycles. The maximum atomic E-state index is 12.5. The fourth-order valence-electron chi connectivity index (χ4n) is 5.75. The lowest BCUT2D eigenvalue weighted by Crippen LogP contribution is -2.50. The number of rotatable bonds is 8. The first-order valence-electron chi connectivity index (χ1n) is 14.3. The van der Waals surface area contributed by atoms with Crippen molar-refractivity contribution in [2.75, 3.05) is 38.2 Å². The minimum atomic E-state index is -0.918. The quantitative estimate of drug-likeness (QED) is 0.460. The Hall–Kier alpha value is -2.86. The number of esters is 1. The van der Waals surface area contributed by atoms with Gasteiger partial charge in [-0.05, 0) is 30.2 Å². The molecule has 0 unspecified atom stereocenters. The normalized spacial score (nSPS) is 26.9. The number of carbonyl (C=O) groups excluding carboxylic acids is 2. The van der Waals surface area contributed by atoms with Crippen molar-refractivity contribution in [2.45, 2.75) is 70.6 Å². The zero-order valence-corrected chi connectivity index (χ0v) is 23.9. The highest BCUT2D eigenvalue weighted by Crippen LogP contribution is 2.42. The maximum Gasteiger partial charge on any atom is 0.303 e. The number of nitrogens with one attached hydrogen (secondary N) is 1. The van der Waals surface area contributed by atoms with Gasteiger partial charge in [0.15, 0.2) is 18.2 Å². The average molecular weight is 569 g/mol. The maximum absolute atomic E-state index is 12.5. The number of amides is 1. The van der Waals surface area contributed by atoms with Crippen LogP contribution >= 0.6 is 0 Å². The van der Waals surface area contributed by atoms with Crippen molar-refractivity contribution in [1.29, 1.82) is 0 Å². The summed E-state index contributed by atoms with van der Waals surface area (Å²) in [7, 11) is 0. The fourth-order valence-corrected chi connectivity index (χ4v) is 5.75. The molecule has 0 aromatic heterocycles.